The fourth-order valence-corrected chi connectivity index (χ4v) is 3.21. The van der Waals surface area contributed by atoms with E-state index >= 15 is 0 Å². The second-order valence-corrected chi connectivity index (χ2v) is 6.55. The standard InChI is InChI=1S/C18H22N4O5/c1-12-16(20-21-22(12)13-3-5-14(26-2)6-4-13)17(25)19-18(11-15(23)24)7-9-27-10-8-18/h3-6H,7-11H2,1-2H3,(H,19,25)(H,23,24). The number of carboxylic acid groups (broad SMARTS) is 1. The smallest absolute Gasteiger partial charge is 0.305 e. The van der Waals surface area contributed by atoms with E-state index in [4.69, 9.17) is 9.47 Å². The van der Waals surface area contributed by atoms with Gasteiger partial charge >= 0.3 is 5.97 Å². The van der Waals surface area contributed by atoms with E-state index in [1.165, 1.54) is 0 Å². The molecule has 9 heteroatoms. The van der Waals surface area contributed by atoms with Crippen molar-refractivity contribution in [2.45, 2.75) is 31.7 Å². The maximum Gasteiger partial charge on any atom is 0.305 e. The summed E-state index contributed by atoms with van der Waals surface area (Å²) in [5.74, 6) is -0.684. The Bertz CT molecular complexity index is 825. The Morgan fingerprint density at radius 3 is 2.56 bits per heavy atom. The van der Waals surface area contributed by atoms with Crippen molar-refractivity contribution in [1.82, 2.24) is 20.3 Å². The van der Waals surface area contributed by atoms with Crippen molar-refractivity contribution in [2.24, 2.45) is 0 Å². The molecule has 1 saturated heterocycles. The van der Waals surface area contributed by atoms with E-state index in [0.717, 1.165) is 5.69 Å². The van der Waals surface area contributed by atoms with Crippen molar-refractivity contribution in [1.29, 1.82) is 0 Å². The number of carbonyl (C=O) groups is 2. The lowest BCUT2D eigenvalue weighted by Gasteiger charge is -2.36. The maximum atomic E-state index is 12.8. The summed E-state index contributed by atoms with van der Waals surface area (Å²) in [5, 5.41) is 20.2. The zero-order chi connectivity index (χ0) is 19.4. The number of methoxy groups -OCH3 is 1. The van der Waals surface area contributed by atoms with Crippen LogP contribution in [-0.2, 0) is 9.53 Å². The molecule has 0 aliphatic carbocycles. The number of nitrogens with one attached hydrogen (secondary N) is 1. The zero-order valence-corrected chi connectivity index (χ0v) is 15.3. The van der Waals surface area contributed by atoms with Crippen LogP contribution in [0.5, 0.6) is 5.75 Å². The molecule has 2 N–H and O–H groups in total. The molecule has 9 nitrogen and oxygen atoms in total. The third-order valence-corrected chi connectivity index (χ3v) is 4.74. The second kappa shape index (κ2) is 7.75. The van der Waals surface area contributed by atoms with Gasteiger partial charge in [-0.15, -0.1) is 5.10 Å². The van der Waals surface area contributed by atoms with E-state index in [9.17, 15) is 14.7 Å². The quantitative estimate of drug-likeness (QED) is 0.784. The van der Waals surface area contributed by atoms with Crippen LogP contribution in [0.3, 0.4) is 0 Å². The van der Waals surface area contributed by atoms with Crippen LogP contribution in [-0.4, -0.2) is 57.8 Å². The molecule has 1 aromatic heterocycles. The number of aliphatic carboxylic acids is 1. The van der Waals surface area contributed by atoms with Gasteiger partial charge in [-0.05, 0) is 44.0 Å². The first-order valence-corrected chi connectivity index (χ1v) is 8.63. The molecule has 0 unspecified atom stereocenters. The number of nitrogens with zero attached hydrogens (tertiary/aromatic N) is 3. The lowest BCUT2D eigenvalue weighted by molar-refractivity contribution is -0.139. The van der Waals surface area contributed by atoms with Gasteiger partial charge in [-0.3, -0.25) is 9.59 Å². The van der Waals surface area contributed by atoms with Crippen LogP contribution < -0.4 is 10.1 Å². The summed E-state index contributed by atoms with van der Waals surface area (Å²) in [6.45, 7) is 2.56. The Morgan fingerprint density at radius 1 is 1.30 bits per heavy atom. The van der Waals surface area contributed by atoms with E-state index in [1.54, 1.807) is 30.8 Å². The van der Waals surface area contributed by atoms with Crippen LogP contribution in [0.4, 0.5) is 0 Å². The van der Waals surface area contributed by atoms with Gasteiger partial charge < -0.3 is 19.9 Å². The highest BCUT2D eigenvalue weighted by Gasteiger charge is 2.37. The highest BCUT2D eigenvalue weighted by atomic mass is 16.5. The number of carboxylic acids is 1. The Kier molecular flexibility index (Phi) is 5.41. The number of rotatable bonds is 6. The van der Waals surface area contributed by atoms with Crippen molar-refractivity contribution in [3.8, 4) is 11.4 Å². The highest BCUT2D eigenvalue weighted by molar-refractivity contribution is 5.94. The minimum Gasteiger partial charge on any atom is -0.497 e. The molecular weight excluding hydrogens is 352 g/mol. The number of aromatic nitrogens is 3. The molecule has 1 aromatic carbocycles. The van der Waals surface area contributed by atoms with E-state index < -0.39 is 17.4 Å². The number of hydrogen-bond acceptors (Lipinski definition) is 6. The van der Waals surface area contributed by atoms with Crippen molar-refractivity contribution in [3.63, 3.8) is 0 Å². The largest absolute Gasteiger partial charge is 0.497 e. The van der Waals surface area contributed by atoms with Gasteiger partial charge in [-0.2, -0.15) is 0 Å². The Balaban J connectivity index is 1.82. The Hall–Kier alpha value is -2.94. The third-order valence-electron chi connectivity index (χ3n) is 4.74. The van der Waals surface area contributed by atoms with Crippen LogP contribution in [0.15, 0.2) is 24.3 Å². The topological polar surface area (TPSA) is 116 Å². The lowest BCUT2D eigenvalue weighted by Crippen LogP contribution is -2.53. The SMILES string of the molecule is COc1ccc(-n2nnc(C(=O)NC3(CC(=O)O)CCOCC3)c2C)cc1. The number of benzene rings is 1. The molecule has 3 rings (SSSR count). The number of carbonyl (C=O) groups excluding carboxylic acids is 1. The lowest BCUT2D eigenvalue weighted by atomic mass is 9.86. The van der Waals surface area contributed by atoms with E-state index in [-0.39, 0.29) is 12.1 Å². The van der Waals surface area contributed by atoms with Gasteiger partial charge in [0.15, 0.2) is 5.69 Å². The van der Waals surface area contributed by atoms with Gasteiger partial charge in [0.1, 0.15) is 5.75 Å². The van der Waals surface area contributed by atoms with Crippen LogP contribution in [0.2, 0.25) is 0 Å². The first-order valence-electron chi connectivity index (χ1n) is 8.63. The first-order chi connectivity index (χ1) is 12.9. The fraction of sp³-hybridized carbons (Fsp3) is 0.444. The molecule has 27 heavy (non-hydrogen) atoms. The van der Waals surface area contributed by atoms with Crippen molar-refractivity contribution >= 4 is 11.9 Å². The molecule has 0 saturated carbocycles. The van der Waals surface area contributed by atoms with Crippen LogP contribution in [0.25, 0.3) is 5.69 Å². The average molecular weight is 374 g/mol. The van der Waals surface area contributed by atoms with Gasteiger partial charge in [-0.25, -0.2) is 4.68 Å². The summed E-state index contributed by atoms with van der Waals surface area (Å²) in [5.41, 5.74) is 0.640. The molecular formula is C18H22N4O5. The summed E-state index contributed by atoms with van der Waals surface area (Å²) < 4.78 is 12.0. The summed E-state index contributed by atoms with van der Waals surface area (Å²) in [6.07, 6.45) is 0.723. The summed E-state index contributed by atoms with van der Waals surface area (Å²) >= 11 is 0. The van der Waals surface area contributed by atoms with Crippen LogP contribution >= 0.6 is 0 Å². The zero-order valence-electron chi connectivity index (χ0n) is 15.3. The molecule has 0 radical (unpaired) electrons. The molecule has 144 valence electrons. The van der Waals surface area contributed by atoms with Crippen LogP contribution in [0, 0.1) is 6.92 Å². The molecule has 1 amide bonds. The number of ether oxygens (including phenoxy) is 2. The summed E-state index contributed by atoms with van der Waals surface area (Å²) in [4.78, 5) is 24.0. The van der Waals surface area contributed by atoms with E-state index in [1.807, 2.05) is 12.1 Å². The highest BCUT2D eigenvalue weighted by Crippen LogP contribution is 2.25. The predicted molar refractivity (Wildman–Crippen MR) is 95.2 cm³/mol. The van der Waals surface area contributed by atoms with Gasteiger partial charge in [0.05, 0.1) is 30.5 Å². The van der Waals surface area contributed by atoms with Gasteiger partial charge in [-0.1, -0.05) is 5.21 Å². The Morgan fingerprint density at radius 2 is 1.96 bits per heavy atom. The van der Waals surface area contributed by atoms with E-state index in [2.05, 4.69) is 15.6 Å². The minimum absolute atomic E-state index is 0.159. The van der Waals surface area contributed by atoms with Crippen molar-refractivity contribution in [2.75, 3.05) is 20.3 Å². The minimum atomic E-state index is -0.962. The van der Waals surface area contributed by atoms with E-state index in [0.29, 0.717) is 37.5 Å². The van der Waals surface area contributed by atoms with Gasteiger partial charge in [0.25, 0.3) is 5.91 Å². The summed E-state index contributed by atoms with van der Waals surface area (Å²) in [6, 6.07) is 7.21. The fourth-order valence-electron chi connectivity index (χ4n) is 3.21. The normalized spacial score (nSPS) is 15.9. The predicted octanol–water partition coefficient (Wildman–Crippen LogP) is 1.34. The second-order valence-electron chi connectivity index (χ2n) is 6.55. The van der Waals surface area contributed by atoms with Crippen molar-refractivity contribution < 1.29 is 24.2 Å². The molecule has 2 aromatic rings. The van der Waals surface area contributed by atoms with Gasteiger partial charge in [0, 0.05) is 13.2 Å². The van der Waals surface area contributed by atoms with Crippen molar-refractivity contribution in [3.05, 3.63) is 35.7 Å². The molecule has 1 aliphatic rings. The summed E-state index contributed by atoms with van der Waals surface area (Å²) in [7, 11) is 1.58. The monoisotopic (exact) mass is 374 g/mol. The first kappa shape index (κ1) is 18.8. The molecule has 0 bridgehead atoms. The number of amides is 1. The molecule has 1 fully saturated rings. The molecule has 0 atom stereocenters. The average Bonchev–Trinajstić information content (AvgIpc) is 3.03. The molecule has 1 aliphatic heterocycles. The molecule has 2 heterocycles. The van der Waals surface area contributed by atoms with Crippen LogP contribution in [0.1, 0.15) is 35.4 Å². The third kappa shape index (κ3) is 4.08. The number of hydrogen-bond donors (Lipinski definition) is 2. The maximum absolute atomic E-state index is 12.8. The Labute approximate surface area is 156 Å². The van der Waals surface area contributed by atoms with Gasteiger partial charge in [0.2, 0.25) is 0 Å². The molecule has 0 spiro atoms.